The van der Waals surface area contributed by atoms with E-state index >= 15 is 0 Å². The van der Waals surface area contributed by atoms with E-state index in [1.165, 1.54) is 70.6 Å². The van der Waals surface area contributed by atoms with Gasteiger partial charge < -0.3 is 6.16 Å². The predicted octanol–water partition coefficient (Wildman–Crippen LogP) is 3.15. The van der Waals surface area contributed by atoms with Gasteiger partial charge in [0.15, 0.2) is 0 Å². The Morgan fingerprint density at radius 3 is 1.67 bits per heavy atom. The van der Waals surface area contributed by atoms with Crippen molar-refractivity contribution >= 4 is 5.97 Å². The van der Waals surface area contributed by atoms with Gasteiger partial charge in [0.2, 0.25) is 0 Å². The number of rotatable bonds is 15. The minimum Gasteiger partial charge on any atom is -1.00 e. The van der Waals surface area contributed by atoms with Crippen molar-refractivity contribution < 1.29 is 40.5 Å². The van der Waals surface area contributed by atoms with Crippen LogP contribution in [0.4, 0.5) is 0 Å². The predicted molar refractivity (Wildman–Crippen MR) is 88.1 cm³/mol. The van der Waals surface area contributed by atoms with Gasteiger partial charge in [0.25, 0.3) is 0 Å². The zero-order valence-corrected chi connectivity index (χ0v) is 16.9. The molecule has 0 rings (SSSR count). The van der Waals surface area contributed by atoms with Gasteiger partial charge >= 0.3 is 35.5 Å². The number of carbonyl (C=O) groups is 1. The van der Waals surface area contributed by atoms with E-state index < -0.39 is 0 Å². The molecule has 0 spiro atoms. The fourth-order valence-electron chi connectivity index (χ4n) is 2.37. The van der Waals surface area contributed by atoms with Crippen molar-refractivity contribution in [2.24, 2.45) is 0 Å². The van der Waals surface area contributed by atoms with E-state index in [1.807, 2.05) is 0 Å². The van der Waals surface area contributed by atoms with Gasteiger partial charge in [0.1, 0.15) is 0 Å². The van der Waals surface area contributed by atoms with Crippen molar-refractivity contribution in [3.05, 3.63) is 0 Å². The molecule has 0 heterocycles. The first-order chi connectivity index (χ1) is 9.81. The van der Waals surface area contributed by atoms with Crippen molar-refractivity contribution in [2.45, 2.75) is 104 Å². The van der Waals surface area contributed by atoms with Crippen LogP contribution in [0, 0.1) is 0 Å². The van der Waals surface area contributed by atoms with E-state index in [1.54, 1.807) is 0 Å². The molecule has 0 aromatic carbocycles. The molecule has 0 bridgehead atoms. The first-order valence-electron chi connectivity index (χ1n) is 8.96. The summed E-state index contributed by atoms with van der Waals surface area (Å²) < 4.78 is 5.24. The van der Waals surface area contributed by atoms with Crippen LogP contribution in [0.2, 0.25) is 0 Å². The van der Waals surface area contributed by atoms with Crippen LogP contribution in [0.3, 0.4) is 0 Å². The van der Waals surface area contributed by atoms with Crippen LogP contribution >= 0.6 is 0 Å². The van der Waals surface area contributed by atoms with Crippen molar-refractivity contribution in [3.8, 4) is 0 Å². The third-order valence-electron chi connectivity index (χ3n) is 3.75. The van der Waals surface area contributed by atoms with E-state index in [2.05, 4.69) is 13.8 Å². The second kappa shape index (κ2) is 20.5. The molecule has 0 aliphatic carbocycles. The summed E-state index contributed by atoms with van der Waals surface area (Å²) >= 11 is 0. The first-order valence-corrected chi connectivity index (χ1v) is 8.96. The number of esters is 1. The van der Waals surface area contributed by atoms with Gasteiger partial charge in [-0.3, -0.25) is 4.79 Å². The maximum Gasteiger partial charge on any atom is 1.00 e. The summed E-state index contributed by atoms with van der Waals surface area (Å²) in [5.41, 5.74) is 0. The summed E-state index contributed by atoms with van der Waals surface area (Å²) in [6.07, 6.45) is 16.9. The van der Waals surface area contributed by atoms with Gasteiger partial charge in [-0.25, -0.2) is 0 Å². The molecule has 0 aliphatic heterocycles. The summed E-state index contributed by atoms with van der Waals surface area (Å²) in [5.74, 6) is 0.00599. The molecule has 0 N–H and O–H groups in total. The second-order valence-electron chi connectivity index (χ2n) is 5.86. The minimum atomic E-state index is 0. The molecule has 122 valence electrons. The summed E-state index contributed by atoms with van der Waals surface area (Å²) in [4.78, 5) is 11.5. The third-order valence-corrected chi connectivity index (χ3v) is 3.75. The second-order valence-corrected chi connectivity index (χ2v) is 5.86. The van der Waals surface area contributed by atoms with Crippen molar-refractivity contribution in [1.82, 2.24) is 0 Å². The van der Waals surface area contributed by atoms with Crippen LogP contribution < -0.4 is 29.6 Å². The van der Waals surface area contributed by atoms with Crippen LogP contribution in [0.5, 0.6) is 0 Å². The van der Waals surface area contributed by atoms with Crippen molar-refractivity contribution in [1.29, 1.82) is 0 Å². The van der Waals surface area contributed by atoms with Gasteiger partial charge in [-0.15, -0.1) is 0 Å². The molecule has 0 saturated carbocycles. The average molecular weight is 308 g/mol. The fraction of sp³-hybridized carbons (Fsp3) is 0.944. The molecular weight excluding hydrogens is 271 g/mol. The normalized spacial score (nSPS) is 10.2. The van der Waals surface area contributed by atoms with Gasteiger partial charge in [0.05, 0.1) is 6.61 Å². The zero-order chi connectivity index (χ0) is 14.9. The molecule has 0 atom stereocenters. The summed E-state index contributed by atoms with van der Waals surface area (Å²) in [6, 6.07) is 0. The Morgan fingerprint density at radius 1 is 0.714 bits per heavy atom. The van der Waals surface area contributed by atoms with Crippen LogP contribution in [0.25, 0.3) is 0 Å². The largest absolute Gasteiger partial charge is 1.00 e. The van der Waals surface area contributed by atoms with E-state index in [0.717, 1.165) is 12.8 Å². The average Bonchev–Trinajstić information content (AvgIpc) is 2.45. The molecule has 3 heteroatoms. The molecule has 0 aliphatic rings. The Bertz CT molecular complexity index is 213. The van der Waals surface area contributed by atoms with Crippen LogP contribution in [0.15, 0.2) is 0 Å². The molecular formula is C18H37NaO2. The molecule has 0 fully saturated rings. The van der Waals surface area contributed by atoms with Crippen LogP contribution in [-0.2, 0) is 9.53 Å². The van der Waals surface area contributed by atoms with Crippen molar-refractivity contribution in [3.63, 3.8) is 0 Å². The molecule has 0 saturated heterocycles. The molecule has 0 aromatic rings. The Labute approximate surface area is 156 Å². The zero-order valence-electron chi connectivity index (χ0n) is 15.9. The van der Waals surface area contributed by atoms with Gasteiger partial charge in [0, 0.05) is 6.42 Å². The first kappa shape index (κ1) is 23.7. The van der Waals surface area contributed by atoms with Crippen molar-refractivity contribution in [2.75, 3.05) is 6.61 Å². The molecule has 2 nitrogen and oxygen atoms in total. The van der Waals surface area contributed by atoms with E-state index in [4.69, 9.17) is 4.74 Å². The quantitative estimate of drug-likeness (QED) is 0.264. The van der Waals surface area contributed by atoms with Gasteiger partial charge in [-0.1, -0.05) is 84.5 Å². The molecule has 0 radical (unpaired) electrons. The number of carbonyl (C=O) groups excluding carboxylic acids is 1. The van der Waals surface area contributed by atoms with Gasteiger partial charge in [-0.2, -0.15) is 0 Å². The minimum absolute atomic E-state index is 0. The summed E-state index contributed by atoms with van der Waals surface area (Å²) in [5, 5.41) is 0. The van der Waals surface area contributed by atoms with E-state index in [0.29, 0.717) is 13.0 Å². The smallest absolute Gasteiger partial charge is 1.00 e. The Hall–Kier alpha value is 0.470. The van der Waals surface area contributed by atoms with Gasteiger partial charge in [-0.05, 0) is 12.8 Å². The molecule has 0 unspecified atom stereocenters. The number of ether oxygens (including phenoxy) is 1. The Morgan fingerprint density at radius 2 is 1.14 bits per heavy atom. The third kappa shape index (κ3) is 20.5. The van der Waals surface area contributed by atoms with E-state index in [-0.39, 0.29) is 37.0 Å². The maximum atomic E-state index is 11.5. The molecule has 0 aromatic heterocycles. The number of unbranched alkanes of at least 4 members (excludes halogenated alkanes) is 11. The number of hydrogen-bond donors (Lipinski definition) is 0. The van der Waals surface area contributed by atoms with Crippen LogP contribution in [-0.4, -0.2) is 12.6 Å². The summed E-state index contributed by atoms with van der Waals surface area (Å²) in [6.45, 7) is 5.08. The Balaban J connectivity index is -0.00000180. The Kier molecular flexibility index (Phi) is 23.1. The molecule has 21 heavy (non-hydrogen) atoms. The van der Waals surface area contributed by atoms with E-state index in [9.17, 15) is 4.79 Å². The maximum absolute atomic E-state index is 11.5. The standard InChI is InChI=1S/C18H36O2.Na.H/c1-3-5-7-9-10-11-12-14-16-18(19)20-17-15-13-8-6-4-2;;/h3-17H2,1-2H3;;/q;+1;-1. The topological polar surface area (TPSA) is 26.3 Å². The van der Waals surface area contributed by atoms with Crippen LogP contribution in [0.1, 0.15) is 105 Å². The SMILES string of the molecule is CCCCCCCCCCC(=O)OCCCCCCC.[H-].[Na+]. The monoisotopic (exact) mass is 308 g/mol. The fourth-order valence-corrected chi connectivity index (χ4v) is 2.37. The number of hydrogen-bond acceptors (Lipinski definition) is 2. The summed E-state index contributed by atoms with van der Waals surface area (Å²) in [7, 11) is 0. The molecule has 0 amide bonds.